The third-order valence-corrected chi connectivity index (χ3v) is 3.56. The van der Waals surface area contributed by atoms with Crippen molar-refractivity contribution in [3.63, 3.8) is 0 Å². The van der Waals surface area contributed by atoms with Gasteiger partial charge in [0.25, 0.3) is 0 Å². The van der Waals surface area contributed by atoms with Crippen molar-refractivity contribution in [2.24, 2.45) is 0 Å². The van der Waals surface area contributed by atoms with E-state index in [1.807, 2.05) is 32.9 Å². The number of hydrogen-bond donors (Lipinski definition) is 1. The summed E-state index contributed by atoms with van der Waals surface area (Å²) in [5, 5.41) is 0. The maximum absolute atomic E-state index is 5.96. The molecule has 5 nitrogen and oxygen atoms in total. The first kappa shape index (κ1) is 14.9. The largest absolute Gasteiger partial charge is 0.470 e. The third-order valence-electron chi connectivity index (χ3n) is 3.56. The van der Waals surface area contributed by atoms with Gasteiger partial charge in [-0.1, -0.05) is 0 Å². The third kappa shape index (κ3) is 3.54. The van der Waals surface area contributed by atoms with E-state index in [4.69, 9.17) is 10.5 Å². The van der Waals surface area contributed by atoms with Crippen molar-refractivity contribution in [2.45, 2.75) is 39.3 Å². The van der Waals surface area contributed by atoms with E-state index in [2.05, 4.69) is 28.8 Å². The minimum atomic E-state index is -0.296. The molecule has 1 atom stereocenters. The van der Waals surface area contributed by atoms with Gasteiger partial charge in [0, 0.05) is 25.7 Å². The molecule has 0 amide bonds. The van der Waals surface area contributed by atoms with Crippen LogP contribution in [0.5, 0.6) is 5.88 Å². The maximum atomic E-state index is 5.96. The van der Waals surface area contributed by atoms with Gasteiger partial charge in [0.1, 0.15) is 11.4 Å². The molecule has 0 aliphatic carbocycles. The molecule has 1 saturated heterocycles. The molecule has 0 aromatic carbocycles. The summed E-state index contributed by atoms with van der Waals surface area (Å²) < 4.78 is 5.84. The van der Waals surface area contributed by atoms with Gasteiger partial charge in [0.05, 0.1) is 5.69 Å². The maximum Gasteiger partial charge on any atom is 0.239 e. The van der Waals surface area contributed by atoms with Crippen LogP contribution in [0, 0.1) is 0 Å². The van der Waals surface area contributed by atoms with E-state index in [1.165, 1.54) is 0 Å². The van der Waals surface area contributed by atoms with Crippen molar-refractivity contribution in [3.05, 3.63) is 12.1 Å². The normalized spacial score (nSPS) is 21.1. The first-order chi connectivity index (χ1) is 9.26. The second kappa shape index (κ2) is 5.48. The summed E-state index contributed by atoms with van der Waals surface area (Å²) in [5.74, 6) is 1.47. The van der Waals surface area contributed by atoms with Gasteiger partial charge in [0.15, 0.2) is 0 Å². The van der Waals surface area contributed by atoms with Crippen LogP contribution in [-0.4, -0.2) is 48.2 Å². The standard InChI is InChI=1S/C15H26N4O/c1-11-10-19(9-8-18(11)5)13-7-6-12(16)14(17-13)20-15(2,3)4/h6-7,11H,8-10,16H2,1-5H3. The molecule has 1 fully saturated rings. The van der Waals surface area contributed by atoms with Gasteiger partial charge in [-0.15, -0.1) is 0 Å². The molecule has 0 spiro atoms. The summed E-state index contributed by atoms with van der Waals surface area (Å²) in [6, 6.07) is 4.38. The summed E-state index contributed by atoms with van der Waals surface area (Å²) in [7, 11) is 2.16. The summed E-state index contributed by atoms with van der Waals surface area (Å²) in [5.41, 5.74) is 6.25. The number of nitrogens with zero attached hydrogens (tertiary/aromatic N) is 3. The lowest BCUT2D eigenvalue weighted by Gasteiger charge is -2.38. The Morgan fingerprint density at radius 2 is 2.00 bits per heavy atom. The summed E-state index contributed by atoms with van der Waals surface area (Å²) in [6.07, 6.45) is 0. The molecule has 20 heavy (non-hydrogen) atoms. The fourth-order valence-electron chi connectivity index (χ4n) is 2.25. The molecule has 1 aromatic heterocycles. The Labute approximate surface area is 121 Å². The molecule has 5 heteroatoms. The van der Waals surface area contributed by atoms with Crippen LogP contribution in [0.15, 0.2) is 12.1 Å². The Balaban J connectivity index is 2.19. The monoisotopic (exact) mass is 278 g/mol. The quantitative estimate of drug-likeness (QED) is 0.896. The van der Waals surface area contributed by atoms with Crippen molar-refractivity contribution >= 4 is 11.5 Å². The summed E-state index contributed by atoms with van der Waals surface area (Å²) >= 11 is 0. The zero-order valence-corrected chi connectivity index (χ0v) is 13.2. The lowest BCUT2D eigenvalue weighted by Crippen LogP contribution is -2.50. The van der Waals surface area contributed by atoms with E-state index >= 15 is 0 Å². The summed E-state index contributed by atoms with van der Waals surface area (Å²) in [6.45, 7) is 11.2. The SMILES string of the molecule is CC1CN(c2ccc(N)c(OC(C)(C)C)n2)CCN1C. The Morgan fingerprint density at radius 3 is 2.60 bits per heavy atom. The van der Waals surface area contributed by atoms with Gasteiger partial charge < -0.3 is 20.3 Å². The number of hydrogen-bond acceptors (Lipinski definition) is 5. The van der Waals surface area contributed by atoms with Crippen LogP contribution >= 0.6 is 0 Å². The molecule has 1 aromatic rings. The molecular formula is C15H26N4O. The van der Waals surface area contributed by atoms with Gasteiger partial charge in [-0.25, -0.2) is 0 Å². The van der Waals surface area contributed by atoms with Gasteiger partial charge in [0.2, 0.25) is 5.88 Å². The predicted octanol–water partition coefficient (Wildman–Crippen LogP) is 1.98. The van der Waals surface area contributed by atoms with Gasteiger partial charge in [-0.3, -0.25) is 0 Å². The van der Waals surface area contributed by atoms with Crippen LogP contribution < -0.4 is 15.4 Å². The van der Waals surface area contributed by atoms with Crippen molar-refractivity contribution in [1.82, 2.24) is 9.88 Å². The molecule has 0 saturated carbocycles. The number of aromatic nitrogens is 1. The predicted molar refractivity (Wildman–Crippen MR) is 83.3 cm³/mol. The first-order valence-corrected chi connectivity index (χ1v) is 7.17. The number of nitrogens with two attached hydrogens (primary N) is 1. The van der Waals surface area contributed by atoms with E-state index in [9.17, 15) is 0 Å². The number of anilines is 2. The Kier molecular flexibility index (Phi) is 4.09. The van der Waals surface area contributed by atoms with Gasteiger partial charge >= 0.3 is 0 Å². The molecule has 1 aliphatic heterocycles. The fraction of sp³-hybridized carbons (Fsp3) is 0.667. The second-order valence-corrected chi connectivity index (χ2v) is 6.55. The van der Waals surface area contributed by atoms with E-state index in [0.29, 0.717) is 17.6 Å². The van der Waals surface area contributed by atoms with Crippen LogP contribution in [0.2, 0.25) is 0 Å². The molecule has 2 N–H and O–H groups in total. The van der Waals surface area contributed by atoms with Gasteiger partial charge in [-0.2, -0.15) is 4.98 Å². The highest BCUT2D eigenvalue weighted by molar-refractivity contribution is 5.55. The molecule has 1 unspecified atom stereocenters. The topological polar surface area (TPSA) is 54.6 Å². The zero-order chi connectivity index (χ0) is 14.9. The van der Waals surface area contributed by atoms with Crippen LogP contribution in [0.1, 0.15) is 27.7 Å². The van der Waals surface area contributed by atoms with Crippen molar-refractivity contribution in [1.29, 1.82) is 0 Å². The molecule has 0 bridgehead atoms. The van der Waals surface area contributed by atoms with E-state index in [1.54, 1.807) is 0 Å². The van der Waals surface area contributed by atoms with Crippen molar-refractivity contribution < 1.29 is 4.74 Å². The molecule has 0 radical (unpaired) electrons. The number of ether oxygens (including phenoxy) is 1. The Bertz CT molecular complexity index is 469. The molecule has 2 rings (SSSR count). The first-order valence-electron chi connectivity index (χ1n) is 7.17. The lowest BCUT2D eigenvalue weighted by atomic mass is 10.2. The average molecular weight is 278 g/mol. The average Bonchev–Trinajstić information content (AvgIpc) is 2.34. The molecule has 1 aliphatic rings. The number of pyridine rings is 1. The highest BCUT2D eigenvalue weighted by Gasteiger charge is 2.23. The number of rotatable bonds is 2. The van der Waals surface area contributed by atoms with E-state index < -0.39 is 0 Å². The van der Waals surface area contributed by atoms with Crippen LogP contribution in [0.3, 0.4) is 0 Å². The number of piperazine rings is 1. The molecule has 112 valence electrons. The van der Waals surface area contributed by atoms with E-state index in [-0.39, 0.29) is 5.60 Å². The van der Waals surface area contributed by atoms with E-state index in [0.717, 1.165) is 25.5 Å². The highest BCUT2D eigenvalue weighted by Crippen LogP contribution is 2.27. The van der Waals surface area contributed by atoms with Crippen LogP contribution in [-0.2, 0) is 0 Å². The Morgan fingerprint density at radius 1 is 1.30 bits per heavy atom. The molecular weight excluding hydrogens is 252 g/mol. The van der Waals surface area contributed by atoms with Crippen LogP contribution in [0.25, 0.3) is 0 Å². The fourth-order valence-corrected chi connectivity index (χ4v) is 2.25. The smallest absolute Gasteiger partial charge is 0.239 e. The minimum absolute atomic E-state index is 0.296. The van der Waals surface area contributed by atoms with Gasteiger partial charge in [-0.05, 0) is 46.9 Å². The summed E-state index contributed by atoms with van der Waals surface area (Å²) in [4.78, 5) is 9.25. The number of likely N-dealkylation sites (N-methyl/N-ethyl adjacent to an activating group) is 1. The van der Waals surface area contributed by atoms with Crippen molar-refractivity contribution in [3.8, 4) is 5.88 Å². The van der Waals surface area contributed by atoms with Crippen LogP contribution in [0.4, 0.5) is 11.5 Å². The zero-order valence-electron chi connectivity index (χ0n) is 13.2. The molecule has 2 heterocycles. The van der Waals surface area contributed by atoms with Crippen molar-refractivity contribution in [2.75, 3.05) is 37.3 Å². The lowest BCUT2D eigenvalue weighted by molar-refractivity contribution is 0.125. The Hall–Kier alpha value is -1.49. The highest BCUT2D eigenvalue weighted by atomic mass is 16.5. The second-order valence-electron chi connectivity index (χ2n) is 6.55. The number of nitrogen functional groups attached to an aromatic ring is 1. The minimum Gasteiger partial charge on any atom is -0.470 e.